The maximum atomic E-state index is 11.6. The fourth-order valence-corrected chi connectivity index (χ4v) is 2.11. The summed E-state index contributed by atoms with van der Waals surface area (Å²) in [5.41, 5.74) is 3.25. The number of hydrazone groups is 1. The average molecular weight is 320 g/mol. The Kier molecular flexibility index (Phi) is 6.40. The molecule has 1 amide bonds. The Morgan fingerprint density at radius 2 is 1.87 bits per heavy atom. The number of unbranched alkanes of at least 4 members (excludes halogenated alkanes) is 2. The largest absolute Gasteiger partial charge is 0.486 e. The first-order valence-corrected chi connectivity index (χ1v) is 7.58. The zero-order chi connectivity index (χ0) is 16.5. The summed E-state index contributed by atoms with van der Waals surface area (Å²) >= 11 is 0. The molecule has 1 aromatic rings. The second-order valence-electron chi connectivity index (χ2n) is 5.15. The summed E-state index contributed by atoms with van der Waals surface area (Å²) in [4.78, 5) is 21.9. The number of hydrogen-bond acceptors (Lipinski definition) is 5. The number of benzene rings is 1. The van der Waals surface area contributed by atoms with E-state index >= 15 is 0 Å². The van der Waals surface area contributed by atoms with Crippen LogP contribution in [0, 0.1) is 0 Å². The second-order valence-corrected chi connectivity index (χ2v) is 5.15. The van der Waals surface area contributed by atoms with E-state index in [1.165, 1.54) is 0 Å². The van der Waals surface area contributed by atoms with Crippen LogP contribution in [0.4, 0.5) is 0 Å². The maximum absolute atomic E-state index is 11.6. The highest BCUT2D eigenvalue weighted by molar-refractivity contribution is 5.83. The summed E-state index contributed by atoms with van der Waals surface area (Å²) in [6.07, 6.45) is 3.97. The number of nitrogens with zero attached hydrogens (tertiary/aromatic N) is 1. The fraction of sp³-hybridized carbons (Fsp3) is 0.438. The van der Waals surface area contributed by atoms with Gasteiger partial charge in [-0.15, -0.1) is 0 Å². The molecule has 0 saturated heterocycles. The molecule has 0 aromatic heterocycles. The van der Waals surface area contributed by atoms with Crippen molar-refractivity contribution in [3.05, 3.63) is 23.8 Å². The zero-order valence-electron chi connectivity index (χ0n) is 12.8. The standard InChI is InChI=1S/C16H20N2O5/c19-15(4-2-1-3-5-16(20)21)18-17-11-12-6-7-13-14(10-12)23-9-8-22-13/h6-7,10-11H,1-5,8-9H2,(H,18,19)(H,20,21)/b17-11+. The molecule has 7 nitrogen and oxygen atoms in total. The van der Waals surface area contributed by atoms with Gasteiger partial charge in [0.05, 0.1) is 6.21 Å². The van der Waals surface area contributed by atoms with Gasteiger partial charge in [-0.3, -0.25) is 9.59 Å². The molecule has 0 aliphatic carbocycles. The number of carboxylic acid groups (broad SMARTS) is 1. The monoisotopic (exact) mass is 320 g/mol. The minimum atomic E-state index is -0.807. The molecule has 0 fully saturated rings. The Labute approximate surface area is 134 Å². The van der Waals surface area contributed by atoms with Gasteiger partial charge in [0, 0.05) is 12.8 Å². The fourth-order valence-electron chi connectivity index (χ4n) is 2.11. The smallest absolute Gasteiger partial charge is 0.303 e. The lowest BCUT2D eigenvalue weighted by atomic mass is 10.1. The third-order valence-corrected chi connectivity index (χ3v) is 3.26. The molecule has 0 spiro atoms. The van der Waals surface area contributed by atoms with E-state index < -0.39 is 5.97 Å². The molecule has 2 N–H and O–H groups in total. The quantitative estimate of drug-likeness (QED) is 0.433. The number of nitrogens with one attached hydrogen (secondary N) is 1. The van der Waals surface area contributed by atoms with E-state index in [9.17, 15) is 9.59 Å². The molecular weight excluding hydrogens is 300 g/mol. The Balaban J connectivity index is 1.69. The lowest BCUT2D eigenvalue weighted by molar-refractivity contribution is -0.137. The van der Waals surface area contributed by atoms with Crippen LogP contribution in [0.2, 0.25) is 0 Å². The molecule has 1 aliphatic rings. The van der Waals surface area contributed by atoms with Gasteiger partial charge >= 0.3 is 5.97 Å². The number of amides is 1. The molecule has 0 atom stereocenters. The second kappa shape index (κ2) is 8.77. The van der Waals surface area contributed by atoms with E-state index in [2.05, 4.69) is 10.5 Å². The molecule has 0 radical (unpaired) electrons. The summed E-state index contributed by atoms with van der Waals surface area (Å²) in [5, 5.41) is 12.4. The number of fused-ring (bicyclic) bond motifs is 1. The molecule has 0 saturated carbocycles. The van der Waals surface area contributed by atoms with Crippen molar-refractivity contribution >= 4 is 18.1 Å². The van der Waals surface area contributed by atoms with Gasteiger partial charge in [0.2, 0.25) is 5.91 Å². The van der Waals surface area contributed by atoms with Crippen molar-refractivity contribution in [1.29, 1.82) is 0 Å². The van der Waals surface area contributed by atoms with Crippen LogP contribution in [-0.4, -0.2) is 36.4 Å². The molecule has 2 rings (SSSR count). The minimum Gasteiger partial charge on any atom is -0.486 e. The van der Waals surface area contributed by atoms with Crippen LogP contribution in [0.3, 0.4) is 0 Å². The minimum absolute atomic E-state index is 0.143. The molecule has 0 bridgehead atoms. The van der Waals surface area contributed by atoms with Crippen LogP contribution in [0.1, 0.15) is 37.7 Å². The van der Waals surface area contributed by atoms with E-state index in [1.807, 2.05) is 6.07 Å². The zero-order valence-corrected chi connectivity index (χ0v) is 12.8. The summed E-state index contributed by atoms with van der Waals surface area (Å²) in [5.74, 6) is 0.386. The number of rotatable bonds is 8. The van der Waals surface area contributed by atoms with E-state index in [0.29, 0.717) is 50.4 Å². The predicted octanol–water partition coefficient (Wildman–Crippen LogP) is 1.94. The summed E-state index contributed by atoms with van der Waals surface area (Å²) in [7, 11) is 0. The molecule has 1 aromatic carbocycles. The molecule has 1 heterocycles. The number of carbonyl (C=O) groups is 2. The normalized spacial score (nSPS) is 13.0. The number of carbonyl (C=O) groups excluding carboxylic acids is 1. The van der Waals surface area contributed by atoms with Crippen molar-refractivity contribution in [2.24, 2.45) is 5.10 Å². The Morgan fingerprint density at radius 3 is 2.65 bits per heavy atom. The van der Waals surface area contributed by atoms with Crippen molar-refractivity contribution in [2.45, 2.75) is 32.1 Å². The first kappa shape index (κ1) is 16.8. The third-order valence-electron chi connectivity index (χ3n) is 3.26. The predicted molar refractivity (Wildman–Crippen MR) is 83.9 cm³/mol. The van der Waals surface area contributed by atoms with Gasteiger partial charge in [0.25, 0.3) is 0 Å². The van der Waals surface area contributed by atoms with Crippen molar-refractivity contribution in [2.75, 3.05) is 13.2 Å². The summed E-state index contributed by atoms with van der Waals surface area (Å²) in [6, 6.07) is 5.44. The van der Waals surface area contributed by atoms with Gasteiger partial charge in [0.15, 0.2) is 11.5 Å². The van der Waals surface area contributed by atoms with Crippen LogP contribution in [0.5, 0.6) is 11.5 Å². The lowest BCUT2D eigenvalue weighted by Crippen LogP contribution is -2.17. The number of carboxylic acids is 1. The van der Waals surface area contributed by atoms with Crippen molar-refractivity contribution < 1.29 is 24.2 Å². The number of ether oxygens (including phenoxy) is 2. The number of hydrogen-bond donors (Lipinski definition) is 2. The van der Waals surface area contributed by atoms with Crippen molar-refractivity contribution in [3.63, 3.8) is 0 Å². The Hall–Kier alpha value is -2.57. The molecule has 23 heavy (non-hydrogen) atoms. The number of aliphatic carboxylic acids is 1. The van der Waals surface area contributed by atoms with Crippen LogP contribution in [0.25, 0.3) is 0 Å². The molecule has 0 unspecified atom stereocenters. The average Bonchev–Trinajstić information content (AvgIpc) is 2.54. The van der Waals surface area contributed by atoms with Gasteiger partial charge in [0.1, 0.15) is 13.2 Å². The van der Waals surface area contributed by atoms with Gasteiger partial charge in [-0.05, 0) is 36.6 Å². The topological polar surface area (TPSA) is 97.2 Å². The highest BCUT2D eigenvalue weighted by atomic mass is 16.6. The first-order chi connectivity index (χ1) is 11.1. The highest BCUT2D eigenvalue weighted by Gasteiger charge is 2.10. The molecular formula is C16H20N2O5. The highest BCUT2D eigenvalue weighted by Crippen LogP contribution is 2.30. The lowest BCUT2D eigenvalue weighted by Gasteiger charge is -2.18. The van der Waals surface area contributed by atoms with Crippen LogP contribution < -0.4 is 14.9 Å². The summed E-state index contributed by atoms with van der Waals surface area (Å²) in [6.45, 7) is 1.06. The first-order valence-electron chi connectivity index (χ1n) is 7.58. The van der Waals surface area contributed by atoms with Crippen LogP contribution in [0.15, 0.2) is 23.3 Å². The molecule has 7 heteroatoms. The van der Waals surface area contributed by atoms with Crippen LogP contribution >= 0.6 is 0 Å². The van der Waals surface area contributed by atoms with Crippen molar-refractivity contribution in [3.8, 4) is 11.5 Å². The van der Waals surface area contributed by atoms with Crippen LogP contribution in [-0.2, 0) is 9.59 Å². The third kappa shape index (κ3) is 5.98. The van der Waals surface area contributed by atoms with Gasteiger partial charge in [-0.25, -0.2) is 5.43 Å². The summed E-state index contributed by atoms with van der Waals surface area (Å²) < 4.78 is 10.9. The van der Waals surface area contributed by atoms with E-state index in [1.54, 1.807) is 18.3 Å². The van der Waals surface area contributed by atoms with Crippen molar-refractivity contribution in [1.82, 2.24) is 5.43 Å². The van der Waals surface area contributed by atoms with Gasteiger partial charge < -0.3 is 14.6 Å². The Bertz CT molecular complexity index is 586. The molecule has 1 aliphatic heterocycles. The van der Waals surface area contributed by atoms with Gasteiger partial charge in [-0.1, -0.05) is 6.42 Å². The Morgan fingerprint density at radius 1 is 1.13 bits per heavy atom. The van der Waals surface area contributed by atoms with E-state index in [0.717, 1.165) is 5.56 Å². The molecule has 124 valence electrons. The SMILES string of the molecule is O=C(O)CCCCCC(=O)N/N=C/c1ccc2c(c1)OCCO2. The van der Waals surface area contributed by atoms with Gasteiger partial charge in [-0.2, -0.15) is 5.10 Å². The van der Waals surface area contributed by atoms with E-state index in [4.69, 9.17) is 14.6 Å². The van der Waals surface area contributed by atoms with E-state index in [-0.39, 0.29) is 12.3 Å². The maximum Gasteiger partial charge on any atom is 0.303 e.